The van der Waals surface area contributed by atoms with Crippen molar-refractivity contribution in [3.8, 4) is 0 Å². The number of rotatable bonds is 5. The molecular weight excluding hydrogens is 341 g/mol. The molecule has 27 heavy (non-hydrogen) atoms. The first-order valence-electron chi connectivity index (χ1n) is 8.95. The van der Waals surface area contributed by atoms with Crippen LogP contribution in [0.25, 0.3) is 5.70 Å². The van der Waals surface area contributed by atoms with Crippen molar-refractivity contribution in [1.82, 2.24) is 5.06 Å². The largest absolute Gasteiger partial charge is 0.382 e. The maximum Gasteiger partial charge on any atom is 0.166 e. The number of allylic oxidation sites excluding steroid dienone is 2. The number of aliphatic imine (C=N–C) groups is 1. The van der Waals surface area contributed by atoms with Crippen LogP contribution in [0.5, 0.6) is 0 Å². The Morgan fingerprint density at radius 3 is 2.52 bits per heavy atom. The Labute approximate surface area is 157 Å². The quantitative estimate of drug-likeness (QED) is 0.594. The molecule has 4 nitrogen and oxygen atoms in total. The topological polar surface area (TPSA) is 36.9 Å². The number of halogens is 1. The van der Waals surface area contributed by atoms with Gasteiger partial charge in [-0.1, -0.05) is 30.3 Å². The fourth-order valence-electron chi connectivity index (χ4n) is 2.62. The van der Waals surface area contributed by atoms with Gasteiger partial charge in [0.05, 0.1) is 6.04 Å². The predicted octanol–water partition coefficient (Wildman–Crippen LogP) is 5.11. The Morgan fingerprint density at radius 2 is 1.85 bits per heavy atom. The molecule has 2 aromatic carbocycles. The number of hydroxylamine groups is 2. The zero-order chi connectivity index (χ0) is 18.5. The van der Waals surface area contributed by atoms with Gasteiger partial charge >= 0.3 is 0 Å². The molecule has 0 atom stereocenters. The van der Waals surface area contributed by atoms with Gasteiger partial charge in [-0.15, -0.1) is 0 Å². The molecule has 1 aliphatic heterocycles. The van der Waals surface area contributed by atoms with Crippen molar-refractivity contribution in [3.63, 3.8) is 0 Å². The van der Waals surface area contributed by atoms with E-state index in [-0.39, 0.29) is 5.82 Å². The highest BCUT2D eigenvalue weighted by Crippen LogP contribution is 2.26. The molecule has 1 saturated carbocycles. The molecule has 0 unspecified atom stereocenters. The van der Waals surface area contributed by atoms with Gasteiger partial charge < -0.3 is 10.2 Å². The summed E-state index contributed by atoms with van der Waals surface area (Å²) in [4.78, 5) is 10.4. The second-order valence-electron chi connectivity index (χ2n) is 6.38. The SMILES string of the molecule is Fc1ccc(NC(=CC(=NC2CC2)N2C=CC=CO2)c2ccccc2)cc1. The maximum absolute atomic E-state index is 13.3. The van der Waals surface area contributed by atoms with Crippen molar-refractivity contribution in [1.29, 1.82) is 0 Å². The molecule has 1 N–H and O–H groups in total. The average Bonchev–Trinajstić information content (AvgIpc) is 3.54. The van der Waals surface area contributed by atoms with Gasteiger partial charge in [0.2, 0.25) is 0 Å². The summed E-state index contributed by atoms with van der Waals surface area (Å²) in [5, 5.41) is 5.02. The van der Waals surface area contributed by atoms with Gasteiger partial charge in [0.1, 0.15) is 12.1 Å². The lowest BCUT2D eigenvalue weighted by Gasteiger charge is -2.21. The van der Waals surface area contributed by atoms with Crippen LogP contribution in [-0.4, -0.2) is 16.9 Å². The minimum atomic E-state index is -0.264. The van der Waals surface area contributed by atoms with E-state index in [1.807, 2.05) is 54.8 Å². The predicted molar refractivity (Wildman–Crippen MR) is 106 cm³/mol. The molecule has 0 bridgehead atoms. The Balaban J connectivity index is 1.69. The maximum atomic E-state index is 13.3. The molecule has 2 aliphatic rings. The van der Waals surface area contributed by atoms with Crippen molar-refractivity contribution in [2.24, 2.45) is 4.99 Å². The fourth-order valence-corrected chi connectivity index (χ4v) is 2.62. The van der Waals surface area contributed by atoms with E-state index in [9.17, 15) is 4.39 Å². The second kappa shape index (κ2) is 7.91. The number of hydrogen-bond donors (Lipinski definition) is 1. The molecule has 1 heterocycles. The Kier molecular flexibility index (Phi) is 5.01. The van der Waals surface area contributed by atoms with Gasteiger partial charge in [0.15, 0.2) is 5.84 Å². The molecule has 1 fully saturated rings. The molecule has 0 spiro atoms. The van der Waals surface area contributed by atoms with E-state index in [1.54, 1.807) is 23.5 Å². The molecule has 136 valence electrons. The number of amidine groups is 1. The van der Waals surface area contributed by atoms with Crippen molar-refractivity contribution in [3.05, 3.63) is 96.7 Å². The molecule has 0 radical (unpaired) electrons. The van der Waals surface area contributed by atoms with Gasteiger partial charge in [-0.25, -0.2) is 4.39 Å². The smallest absolute Gasteiger partial charge is 0.166 e. The highest BCUT2D eigenvalue weighted by atomic mass is 19.1. The lowest BCUT2D eigenvalue weighted by molar-refractivity contribution is 0.0129. The molecule has 0 saturated heterocycles. The zero-order valence-electron chi connectivity index (χ0n) is 14.8. The Bertz CT molecular complexity index is 897. The molecule has 5 heteroatoms. The number of nitrogens with one attached hydrogen (secondary N) is 1. The highest BCUT2D eigenvalue weighted by Gasteiger charge is 2.23. The van der Waals surface area contributed by atoms with Gasteiger partial charge in [0, 0.05) is 23.7 Å². The number of anilines is 1. The summed E-state index contributed by atoms with van der Waals surface area (Å²) in [6.45, 7) is 0. The third-order valence-electron chi connectivity index (χ3n) is 4.15. The fraction of sp³-hybridized carbons (Fsp3) is 0.136. The van der Waals surface area contributed by atoms with E-state index >= 15 is 0 Å². The first-order chi connectivity index (χ1) is 13.3. The van der Waals surface area contributed by atoms with E-state index in [0.29, 0.717) is 11.9 Å². The van der Waals surface area contributed by atoms with Crippen LogP contribution in [0, 0.1) is 5.82 Å². The first kappa shape index (κ1) is 17.1. The van der Waals surface area contributed by atoms with Crippen molar-refractivity contribution >= 4 is 17.2 Å². The minimum Gasteiger partial charge on any atom is -0.382 e. The lowest BCUT2D eigenvalue weighted by atomic mass is 10.1. The van der Waals surface area contributed by atoms with Crippen LogP contribution in [0.3, 0.4) is 0 Å². The van der Waals surface area contributed by atoms with Crippen LogP contribution in [0.2, 0.25) is 0 Å². The van der Waals surface area contributed by atoms with Crippen LogP contribution in [0.15, 0.2) is 90.3 Å². The third kappa shape index (κ3) is 4.64. The number of benzene rings is 2. The molecule has 2 aromatic rings. The van der Waals surface area contributed by atoms with Gasteiger partial charge in [0.25, 0.3) is 0 Å². The number of hydrogen-bond acceptors (Lipinski definition) is 3. The van der Waals surface area contributed by atoms with Gasteiger partial charge in [-0.05, 0) is 54.8 Å². The highest BCUT2D eigenvalue weighted by molar-refractivity contribution is 6.01. The van der Waals surface area contributed by atoms with Crippen molar-refractivity contribution in [2.45, 2.75) is 18.9 Å². The first-order valence-corrected chi connectivity index (χ1v) is 8.95. The van der Waals surface area contributed by atoms with Crippen LogP contribution >= 0.6 is 0 Å². The molecule has 0 amide bonds. The van der Waals surface area contributed by atoms with Crippen LogP contribution < -0.4 is 5.32 Å². The van der Waals surface area contributed by atoms with Crippen LogP contribution in [0.4, 0.5) is 10.1 Å². The molecule has 0 aromatic heterocycles. The van der Waals surface area contributed by atoms with Gasteiger partial charge in [-0.2, -0.15) is 5.06 Å². The monoisotopic (exact) mass is 361 g/mol. The van der Waals surface area contributed by atoms with E-state index in [0.717, 1.165) is 29.8 Å². The van der Waals surface area contributed by atoms with E-state index in [2.05, 4.69) is 5.32 Å². The van der Waals surface area contributed by atoms with Crippen molar-refractivity contribution in [2.75, 3.05) is 5.32 Å². The van der Waals surface area contributed by atoms with Crippen LogP contribution in [0.1, 0.15) is 18.4 Å². The second-order valence-corrected chi connectivity index (χ2v) is 6.38. The summed E-state index contributed by atoms with van der Waals surface area (Å²) >= 11 is 0. The average molecular weight is 361 g/mol. The van der Waals surface area contributed by atoms with Crippen LogP contribution in [-0.2, 0) is 4.84 Å². The zero-order valence-corrected chi connectivity index (χ0v) is 14.8. The normalized spacial score (nSPS) is 17.0. The molecular formula is C22H20FN3O. The Morgan fingerprint density at radius 1 is 1.07 bits per heavy atom. The lowest BCUT2D eigenvalue weighted by Crippen LogP contribution is -2.25. The summed E-state index contributed by atoms with van der Waals surface area (Å²) in [5.74, 6) is 0.451. The van der Waals surface area contributed by atoms with E-state index < -0.39 is 0 Å². The van der Waals surface area contributed by atoms with Crippen molar-refractivity contribution < 1.29 is 9.23 Å². The van der Waals surface area contributed by atoms with E-state index in [1.165, 1.54) is 12.1 Å². The third-order valence-corrected chi connectivity index (χ3v) is 4.15. The molecule has 4 rings (SSSR count). The summed E-state index contributed by atoms with van der Waals surface area (Å²) in [7, 11) is 0. The summed E-state index contributed by atoms with van der Waals surface area (Å²) in [6.07, 6.45) is 11.3. The summed E-state index contributed by atoms with van der Waals surface area (Å²) in [5.41, 5.74) is 2.65. The van der Waals surface area contributed by atoms with Gasteiger partial charge in [-0.3, -0.25) is 4.99 Å². The Hall–Kier alpha value is -3.34. The van der Waals surface area contributed by atoms with E-state index in [4.69, 9.17) is 9.83 Å². The molecule has 1 aliphatic carbocycles. The summed E-state index contributed by atoms with van der Waals surface area (Å²) in [6, 6.07) is 16.6. The number of nitrogens with zero attached hydrogens (tertiary/aromatic N) is 2. The summed E-state index contributed by atoms with van der Waals surface area (Å²) < 4.78 is 13.3. The minimum absolute atomic E-state index is 0.264. The standard InChI is InChI=1S/C22H20FN3O/c23-18-8-10-19(11-9-18)24-21(17-6-2-1-3-7-17)16-22(25-20-12-13-20)26-14-4-5-15-27-26/h1-11,14-16,20,24H,12-13H2.